The number of benzene rings is 3. The number of aromatic amines is 2. The van der Waals surface area contributed by atoms with Gasteiger partial charge in [-0.3, -0.25) is 19.4 Å². The van der Waals surface area contributed by atoms with E-state index in [0.717, 1.165) is 39.0 Å². The van der Waals surface area contributed by atoms with E-state index in [-0.39, 0.29) is 31.3 Å². The highest BCUT2D eigenvalue weighted by Gasteiger charge is 2.33. The Kier molecular flexibility index (Phi) is 10.00. The molecule has 50 heavy (non-hydrogen) atoms. The third-order valence-electron chi connectivity index (χ3n) is 9.64. The van der Waals surface area contributed by atoms with E-state index in [2.05, 4.69) is 73.6 Å². The van der Waals surface area contributed by atoms with E-state index < -0.39 is 12.1 Å². The molecule has 1 atom stereocenters. The smallest absolute Gasteiger partial charge is 0.408 e. The van der Waals surface area contributed by atoms with Gasteiger partial charge in [0.05, 0.1) is 26.2 Å². The van der Waals surface area contributed by atoms with Gasteiger partial charge in [0, 0.05) is 29.3 Å². The first-order valence-corrected chi connectivity index (χ1v) is 17.4. The molecule has 0 radical (unpaired) electrons. The molecule has 5 aromatic rings. The van der Waals surface area contributed by atoms with Gasteiger partial charge in [-0.25, -0.2) is 14.8 Å². The summed E-state index contributed by atoms with van der Waals surface area (Å²) in [6.45, 7) is 4.94. The van der Waals surface area contributed by atoms with Crippen molar-refractivity contribution in [2.75, 3.05) is 62.2 Å². The van der Waals surface area contributed by atoms with Crippen LogP contribution in [0.5, 0.6) is 0 Å². The normalized spacial score (nSPS) is 15.6. The van der Waals surface area contributed by atoms with Gasteiger partial charge in [0.25, 0.3) is 11.6 Å². The molecule has 0 spiro atoms. The van der Waals surface area contributed by atoms with Crippen LogP contribution in [0.1, 0.15) is 18.4 Å². The number of carbonyl (C=O) groups is 3. The predicted octanol–water partition coefficient (Wildman–Crippen LogP) is 3.69. The van der Waals surface area contributed by atoms with Gasteiger partial charge in [-0.1, -0.05) is 66.7 Å². The summed E-state index contributed by atoms with van der Waals surface area (Å²) in [7, 11) is 0. The molecule has 7 rings (SSSR count). The second-order valence-corrected chi connectivity index (χ2v) is 12.8. The van der Waals surface area contributed by atoms with Gasteiger partial charge in [-0.2, -0.15) is 0 Å². The lowest BCUT2D eigenvalue weighted by molar-refractivity contribution is -0.331. The number of nitrogens with one attached hydrogen (secondary N) is 3. The maximum Gasteiger partial charge on any atom is 0.408 e. The van der Waals surface area contributed by atoms with E-state index in [1.165, 1.54) is 0 Å². The minimum atomic E-state index is -0.880. The van der Waals surface area contributed by atoms with Gasteiger partial charge in [0.2, 0.25) is 11.8 Å². The Morgan fingerprint density at radius 1 is 0.620 bits per heavy atom. The average Bonchev–Trinajstić information content (AvgIpc) is 3.18. The molecule has 3 N–H and O–H groups in total. The van der Waals surface area contributed by atoms with Crippen molar-refractivity contribution in [2.24, 2.45) is 0 Å². The van der Waals surface area contributed by atoms with Gasteiger partial charge in [-0.05, 0) is 36.2 Å². The zero-order chi connectivity index (χ0) is 34.3. The van der Waals surface area contributed by atoms with Gasteiger partial charge in [-0.15, -0.1) is 0 Å². The van der Waals surface area contributed by atoms with Crippen molar-refractivity contribution in [1.82, 2.24) is 15.1 Å². The molecule has 2 saturated heterocycles. The second-order valence-electron chi connectivity index (χ2n) is 12.8. The van der Waals surface area contributed by atoms with Crippen LogP contribution in [0.3, 0.4) is 0 Å². The van der Waals surface area contributed by atoms with E-state index >= 15 is 0 Å². The van der Waals surface area contributed by atoms with Crippen LogP contribution >= 0.6 is 0 Å². The van der Waals surface area contributed by atoms with E-state index in [0.29, 0.717) is 52.4 Å². The maximum atomic E-state index is 13.9. The average molecular weight is 674 g/mol. The lowest BCUT2D eigenvalue weighted by Gasteiger charge is -2.34. The Balaban J connectivity index is 0.956. The third-order valence-corrected chi connectivity index (χ3v) is 9.64. The summed E-state index contributed by atoms with van der Waals surface area (Å²) >= 11 is 0. The first-order valence-electron chi connectivity index (χ1n) is 17.4. The van der Waals surface area contributed by atoms with Crippen LogP contribution in [-0.4, -0.2) is 86.1 Å². The molecule has 11 nitrogen and oxygen atoms in total. The number of alkyl carbamates (subject to hydrolysis) is 1. The fraction of sp³-hybridized carbons (Fsp3) is 0.308. The molecular formula is C39H43N7O4+2. The summed E-state index contributed by atoms with van der Waals surface area (Å²) in [5.74, 6) is 1.80. The number of H-pyrrole nitrogens is 2. The first kappa shape index (κ1) is 32.8. The molecule has 2 fully saturated rings. The summed E-state index contributed by atoms with van der Waals surface area (Å²) in [6.07, 6.45) is -0.344. The largest absolute Gasteiger partial charge is 0.445 e. The summed E-state index contributed by atoms with van der Waals surface area (Å²) < 4.78 is 5.47. The fourth-order valence-electron chi connectivity index (χ4n) is 6.75. The number of nitrogens with zero attached hydrogens (tertiary/aromatic N) is 4. The topological polar surface area (TPSA) is 114 Å². The molecule has 256 valence electrons. The van der Waals surface area contributed by atoms with Crippen molar-refractivity contribution in [3.05, 3.63) is 109 Å². The number of fused-ring (bicyclic) bond motifs is 2. The molecule has 2 aliphatic heterocycles. The maximum absolute atomic E-state index is 13.9. The molecule has 2 aliphatic rings. The summed E-state index contributed by atoms with van der Waals surface area (Å²) in [5, 5.41) is 5.08. The number of piperazine rings is 2. The molecule has 3 amide bonds. The van der Waals surface area contributed by atoms with E-state index in [9.17, 15) is 14.4 Å². The number of para-hydroxylation sites is 2. The lowest BCUT2D eigenvalue weighted by atomic mass is 10.1. The number of rotatable bonds is 9. The van der Waals surface area contributed by atoms with Crippen molar-refractivity contribution in [3.63, 3.8) is 0 Å². The van der Waals surface area contributed by atoms with Crippen molar-refractivity contribution >= 4 is 51.3 Å². The van der Waals surface area contributed by atoms with Crippen LogP contribution in [0.4, 0.5) is 16.4 Å². The Bertz CT molecular complexity index is 1960. The molecule has 0 bridgehead atoms. The minimum absolute atomic E-state index is 0.0268. The van der Waals surface area contributed by atoms with Gasteiger partial charge < -0.3 is 19.9 Å². The highest BCUT2D eigenvalue weighted by molar-refractivity contribution is 5.87. The van der Waals surface area contributed by atoms with Crippen molar-refractivity contribution in [1.29, 1.82) is 0 Å². The number of amides is 3. The van der Waals surface area contributed by atoms with Crippen LogP contribution in [0.2, 0.25) is 0 Å². The van der Waals surface area contributed by atoms with Gasteiger partial charge in [0.1, 0.15) is 49.9 Å². The van der Waals surface area contributed by atoms with Crippen molar-refractivity contribution in [2.45, 2.75) is 25.5 Å². The van der Waals surface area contributed by atoms with E-state index in [1.807, 2.05) is 59.5 Å². The van der Waals surface area contributed by atoms with Crippen LogP contribution in [0.15, 0.2) is 103 Å². The minimum Gasteiger partial charge on any atom is -0.445 e. The molecule has 11 heteroatoms. The quantitative estimate of drug-likeness (QED) is 0.256. The number of carbonyl (C=O) groups excluding carboxylic acids is 3. The molecule has 0 saturated carbocycles. The summed E-state index contributed by atoms with van der Waals surface area (Å²) in [5.41, 5.74) is 2.98. The standard InChI is InChI=1S/C39H41N7O4/c47-37(45-24-20-43(21-25-45)35-17-14-30-10-4-6-12-32(30)40-35)19-16-34(42-39(49)50-28-29-8-2-1-3-9-29)38(48)46-26-22-44(23-27-46)36-18-15-31-11-5-7-13-33(31)41-36/h1-15,17-18,34H,16,19-28H2,(H,42,49)/p+2/t34-/m1/s1. The number of aromatic nitrogens is 2. The molecule has 0 unspecified atom stereocenters. The monoisotopic (exact) mass is 673 g/mol. The van der Waals surface area contributed by atoms with Crippen molar-refractivity contribution in [3.8, 4) is 0 Å². The van der Waals surface area contributed by atoms with Gasteiger partial charge in [0.15, 0.2) is 0 Å². The number of anilines is 2. The third kappa shape index (κ3) is 7.78. The van der Waals surface area contributed by atoms with Crippen LogP contribution in [-0.2, 0) is 20.9 Å². The van der Waals surface area contributed by atoms with Crippen LogP contribution < -0.4 is 25.1 Å². The van der Waals surface area contributed by atoms with Gasteiger partial charge >= 0.3 is 6.09 Å². The number of ether oxygens (including phenoxy) is 1. The Morgan fingerprint density at radius 3 is 1.72 bits per heavy atom. The van der Waals surface area contributed by atoms with E-state index in [1.54, 1.807) is 4.90 Å². The number of hydrogen-bond acceptors (Lipinski definition) is 6. The zero-order valence-electron chi connectivity index (χ0n) is 28.1. The van der Waals surface area contributed by atoms with Crippen molar-refractivity contribution < 1.29 is 29.1 Å². The van der Waals surface area contributed by atoms with E-state index in [4.69, 9.17) is 4.74 Å². The SMILES string of the molecule is O=C(N[C@H](CCC(=O)N1CCN(c2ccc3ccccc3[nH+]2)CC1)C(=O)N1CCN(c2ccc3ccccc3[nH+]2)CC1)OCc1ccccc1. The van der Waals surface area contributed by atoms with Crippen LogP contribution in [0.25, 0.3) is 21.8 Å². The lowest BCUT2D eigenvalue weighted by Crippen LogP contribution is -2.56. The second kappa shape index (κ2) is 15.2. The molecular weight excluding hydrogens is 630 g/mol. The summed E-state index contributed by atoms with van der Waals surface area (Å²) in [6, 6.07) is 33.2. The molecule has 3 aromatic carbocycles. The first-order chi connectivity index (χ1) is 24.5. The molecule has 4 heterocycles. The molecule has 2 aromatic heterocycles. The predicted molar refractivity (Wildman–Crippen MR) is 191 cm³/mol. The highest BCUT2D eigenvalue weighted by Crippen LogP contribution is 2.19. The Labute approximate surface area is 291 Å². The number of pyridine rings is 2. The highest BCUT2D eigenvalue weighted by atomic mass is 16.5. The summed E-state index contributed by atoms with van der Waals surface area (Å²) in [4.78, 5) is 55.4. The molecule has 0 aliphatic carbocycles. The number of hydrogen-bond donors (Lipinski definition) is 1. The zero-order valence-corrected chi connectivity index (χ0v) is 28.1. The Hall–Kier alpha value is -5.71. The van der Waals surface area contributed by atoms with Crippen LogP contribution in [0, 0.1) is 0 Å². The fourth-order valence-corrected chi connectivity index (χ4v) is 6.75. The Morgan fingerprint density at radius 2 is 1.14 bits per heavy atom.